The van der Waals surface area contributed by atoms with Crippen LogP contribution >= 0.6 is 11.6 Å². The van der Waals surface area contributed by atoms with Crippen molar-refractivity contribution in [3.8, 4) is 0 Å². The molecule has 2 fully saturated rings. The van der Waals surface area contributed by atoms with Gasteiger partial charge < -0.3 is 25.4 Å². The average Bonchev–Trinajstić information content (AvgIpc) is 2.93. The van der Waals surface area contributed by atoms with E-state index in [1.165, 1.54) is 6.07 Å². The van der Waals surface area contributed by atoms with Crippen LogP contribution in [0.25, 0.3) is 0 Å². The monoisotopic (exact) mass is 587 g/mol. The Bertz CT molecular complexity index is 1330. The van der Waals surface area contributed by atoms with Crippen LogP contribution in [0.1, 0.15) is 30.4 Å². The largest absolute Gasteiger partial charge is 0.381 e. The first-order valence-corrected chi connectivity index (χ1v) is 14.2. The lowest BCUT2D eigenvalue weighted by molar-refractivity contribution is -0.160. The molecular formula is C31H33ClF3N3O3. The second-order valence-corrected chi connectivity index (χ2v) is 11.1. The predicted molar refractivity (Wildman–Crippen MR) is 153 cm³/mol. The van der Waals surface area contributed by atoms with Gasteiger partial charge in [0.25, 0.3) is 0 Å². The molecule has 6 nitrogen and oxygen atoms in total. The first-order chi connectivity index (χ1) is 19.8. The van der Waals surface area contributed by atoms with E-state index in [0.29, 0.717) is 48.9 Å². The summed E-state index contributed by atoms with van der Waals surface area (Å²) in [6.07, 6.45) is 2.74. The molecule has 0 unspecified atom stereocenters. The number of rotatable bonds is 9. The van der Waals surface area contributed by atoms with E-state index in [1.54, 1.807) is 36.4 Å². The molecule has 5 rings (SSSR count). The summed E-state index contributed by atoms with van der Waals surface area (Å²) in [6, 6.07) is 13.6. The summed E-state index contributed by atoms with van der Waals surface area (Å²) in [4.78, 5) is 13.4. The highest BCUT2D eigenvalue weighted by atomic mass is 35.5. The van der Waals surface area contributed by atoms with Gasteiger partial charge in [-0.1, -0.05) is 29.8 Å². The topological polar surface area (TPSA) is 71.6 Å². The number of hydrogen-bond donors (Lipinski definition) is 3. The van der Waals surface area contributed by atoms with Gasteiger partial charge in [-0.05, 0) is 54.8 Å². The van der Waals surface area contributed by atoms with Gasteiger partial charge >= 0.3 is 0 Å². The van der Waals surface area contributed by atoms with Crippen LogP contribution in [0.5, 0.6) is 0 Å². The Morgan fingerprint density at radius 2 is 1.78 bits per heavy atom. The third kappa shape index (κ3) is 7.80. The Balaban J connectivity index is 1.34. The van der Waals surface area contributed by atoms with Gasteiger partial charge in [0.05, 0.1) is 11.7 Å². The Hall–Kier alpha value is -3.11. The number of amides is 1. The second kappa shape index (κ2) is 13.2. The van der Waals surface area contributed by atoms with Crippen molar-refractivity contribution in [2.75, 3.05) is 36.9 Å². The van der Waals surface area contributed by atoms with Crippen LogP contribution in [0, 0.1) is 17.5 Å². The fourth-order valence-corrected chi connectivity index (χ4v) is 5.58. The van der Waals surface area contributed by atoms with Crippen LogP contribution in [-0.4, -0.2) is 50.0 Å². The molecule has 1 spiro atoms. The standard InChI is InChI=1S/C31H33ClF3N3O3/c32-21-6-4-20(5-7-21)14-29(30(39)37-24-16-22(33)15-23(34)17-24)38-28-3-1-2-27(35)26(28)9-8-25-18-36-19-31(41-25)10-12-40-13-11-31/h1-7,15-17,25,29,36,38H,8-14,18-19H2,(H,37,39)/t25-,29+/m1/s1. The normalized spacial score (nSPS) is 19.1. The number of nitrogens with one attached hydrogen (secondary N) is 3. The van der Waals surface area contributed by atoms with Crippen LogP contribution in [0.2, 0.25) is 5.02 Å². The van der Waals surface area contributed by atoms with Crippen molar-refractivity contribution in [2.24, 2.45) is 0 Å². The number of benzene rings is 3. The number of hydrogen-bond acceptors (Lipinski definition) is 5. The highest BCUT2D eigenvalue weighted by Gasteiger charge is 2.38. The first kappa shape index (κ1) is 29.4. The maximum absolute atomic E-state index is 15.2. The zero-order valence-electron chi connectivity index (χ0n) is 22.5. The van der Waals surface area contributed by atoms with E-state index in [-0.39, 0.29) is 23.8 Å². The number of anilines is 2. The molecule has 0 bridgehead atoms. The maximum Gasteiger partial charge on any atom is 0.247 e. The minimum Gasteiger partial charge on any atom is -0.381 e. The van der Waals surface area contributed by atoms with Crippen LogP contribution < -0.4 is 16.0 Å². The lowest BCUT2D eigenvalue weighted by Crippen LogP contribution is -2.56. The van der Waals surface area contributed by atoms with Gasteiger partial charge in [0.2, 0.25) is 5.91 Å². The van der Waals surface area contributed by atoms with Crippen LogP contribution in [0.4, 0.5) is 24.5 Å². The van der Waals surface area contributed by atoms with Gasteiger partial charge in [0.1, 0.15) is 23.5 Å². The molecule has 3 N–H and O–H groups in total. The molecule has 2 atom stereocenters. The van der Waals surface area contributed by atoms with Crippen molar-refractivity contribution in [2.45, 2.75) is 49.9 Å². The lowest BCUT2D eigenvalue weighted by atomic mass is 9.91. The third-order valence-corrected chi connectivity index (χ3v) is 7.86. The van der Waals surface area contributed by atoms with Crippen LogP contribution in [0.15, 0.2) is 60.7 Å². The summed E-state index contributed by atoms with van der Waals surface area (Å²) in [7, 11) is 0. The fourth-order valence-electron chi connectivity index (χ4n) is 5.46. The highest BCUT2D eigenvalue weighted by molar-refractivity contribution is 6.30. The average molecular weight is 588 g/mol. The summed E-state index contributed by atoms with van der Waals surface area (Å²) >= 11 is 6.03. The molecule has 3 aromatic carbocycles. The zero-order chi connectivity index (χ0) is 28.8. The molecule has 0 aliphatic carbocycles. The van der Waals surface area contributed by atoms with E-state index in [4.69, 9.17) is 21.1 Å². The SMILES string of the molecule is O=C(Nc1cc(F)cc(F)c1)[C@H](Cc1ccc(Cl)cc1)Nc1cccc(F)c1CC[C@@H]1CNCC2(CCOCC2)O1. The Morgan fingerprint density at radius 1 is 1.05 bits per heavy atom. The van der Waals surface area contributed by atoms with Gasteiger partial charge in [-0.3, -0.25) is 4.79 Å². The molecule has 10 heteroatoms. The number of carbonyl (C=O) groups excluding carboxylic acids is 1. The van der Waals surface area contributed by atoms with E-state index >= 15 is 4.39 Å². The molecule has 1 amide bonds. The number of carbonyl (C=O) groups is 1. The molecule has 0 saturated carbocycles. The summed E-state index contributed by atoms with van der Waals surface area (Å²) in [5, 5.41) is 9.80. The lowest BCUT2D eigenvalue weighted by Gasteiger charge is -2.44. The number of morpholine rings is 1. The van der Waals surface area contributed by atoms with E-state index in [9.17, 15) is 13.6 Å². The minimum absolute atomic E-state index is 0.0149. The second-order valence-electron chi connectivity index (χ2n) is 10.6. The smallest absolute Gasteiger partial charge is 0.247 e. The van der Waals surface area contributed by atoms with Crippen molar-refractivity contribution in [1.82, 2.24) is 5.32 Å². The molecule has 218 valence electrons. The number of ether oxygens (including phenoxy) is 2. The molecular weight excluding hydrogens is 555 g/mol. The Labute approximate surface area is 242 Å². The van der Waals surface area contributed by atoms with Crippen molar-refractivity contribution < 1.29 is 27.4 Å². The van der Waals surface area contributed by atoms with E-state index in [0.717, 1.165) is 43.1 Å². The predicted octanol–water partition coefficient (Wildman–Crippen LogP) is 5.89. The fraction of sp³-hybridized carbons (Fsp3) is 0.387. The van der Waals surface area contributed by atoms with Crippen molar-refractivity contribution in [3.05, 3.63) is 94.3 Å². The molecule has 0 radical (unpaired) electrons. The maximum atomic E-state index is 15.2. The molecule has 41 heavy (non-hydrogen) atoms. The molecule has 2 saturated heterocycles. The summed E-state index contributed by atoms with van der Waals surface area (Å²) < 4.78 is 54.8. The molecule has 3 aromatic rings. The highest BCUT2D eigenvalue weighted by Crippen LogP contribution is 2.31. The molecule has 2 aliphatic heterocycles. The number of halogens is 4. The van der Waals surface area contributed by atoms with Gasteiger partial charge in [-0.25, -0.2) is 13.2 Å². The zero-order valence-corrected chi connectivity index (χ0v) is 23.3. The van der Waals surface area contributed by atoms with Crippen molar-refractivity contribution in [1.29, 1.82) is 0 Å². The van der Waals surface area contributed by atoms with Crippen LogP contribution in [-0.2, 0) is 27.1 Å². The summed E-state index contributed by atoms with van der Waals surface area (Å²) in [6.45, 7) is 2.77. The van der Waals surface area contributed by atoms with Gasteiger partial charge in [-0.2, -0.15) is 0 Å². The van der Waals surface area contributed by atoms with Gasteiger partial charge in [-0.15, -0.1) is 0 Å². The van der Waals surface area contributed by atoms with Crippen molar-refractivity contribution in [3.63, 3.8) is 0 Å². The summed E-state index contributed by atoms with van der Waals surface area (Å²) in [5.74, 6) is -2.53. The van der Waals surface area contributed by atoms with Gasteiger partial charge in [0, 0.05) is 73.6 Å². The minimum atomic E-state index is -0.888. The summed E-state index contributed by atoms with van der Waals surface area (Å²) in [5.41, 5.74) is 1.44. The Kier molecular flexibility index (Phi) is 9.49. The quantitative estimate of drug-likeness (QED) is 0.291. The van der Waals surface area contributed by atoms with Gasteiger partial charge in [0.15, 0.2) is 0 Å². The first-order valence-electron chi connectivity index (χ1n) is 13.8. The molecule has 0 aromatic heterocycles. The molecule has 2 aliphatic rings. The van der Waals surface area contributed by atoms with E-state index in [1.807, 2.05) is 0 Å². The van der Waals surface area contributed by atoms with E-state index < -0.39 is 29.4 Å². The molecule has 2 heterocycles. The van der Waals surface area contributed by atoms with Crippen molar-refractivity contribution >= 4 is 28.9 Å². The third-order valence-electron chi connectivity index (χ3n) is 7.60. The van der Waals surface area contributed by atoms with Crippen LogP contribution in [0.3, 0.4) is 0 Å². The van der Waals surface area contributed by atoms with E-state index in [2.05, 4.69) is 16.0 Å². The Morgan fingerprint density at radius 3 is 2.51 bits per heavy atom.